The molecule has 0 fully saturated rings. The highest BCUT2D eigenvalue weighted by Crippen LogP contribution is 2.09. The van der Waals surface area contributed by atoms with E-state index >= 15 is 0 Å². The molecule has 13 nitrogen and oxygen atoms in total. The van der Waals surface area contributed by atoms with Gasteiger partial charge in [0.15, 0.2) is 5.71 Å². The number of aliphatic carboxylic acids is 1. The van der Waals surface area contributed by atoms with Gasteiger partial charge in [0, 0.05) is 25.0 Å². The maximum Gasteiger partial charge on any atom is 0.413 e. The number of nitrogens with one attached hydrogen (secondary N) is 1. The first kappa shape index (κ1) is 27.1. The zero-order valence-corrected chi connectivity index (χ0v) is 17.6. The molecule has 0 aliphatic carbocycles. The molecular weight excluding hydrogens is 424 g/mol. The minimum atomic E-state index is -1.52. The van der Waals surface area contributed by atoms with Gasteiger partial charge < -0.3 is 30.8 Å². The summed E-state index contributed by atoms with van der Waals surface area (Å²) in [6.07, 6.45) is -1.97. The number of thioether (sulfide) groups is 1. The number of nitrogens with two attached hydrogens (primary N) is 1. The molecule has 2 atom stereocenters. The number of hydrogen-bond donors (Lipinski definition) is 4. The fourth-order valence-corrected chi connectivity index (χ4v) is 2.84. The van der Waals surface area contributed by atoms with E-state index in [1.807, 2.05) is 0 Å². The third-order valence-corrected chi connectivity index (χ3v) is 4.53. The van der Waals surface area contributed by atoms with Crippen molar-refractivity contribution in [3.63, 3.8) is 0 Å². The number of hydrogen-bond acceptors (Lipinski definition) is 10. The van der Waals surface area contributed by atoms with Gasteiger partial charge in [-0.2, -0.15) is 11.8 Å². The SMILES string of the molecule is CCOC(=O)C(CSCC(NC(=O)CCC(N)C(=O)O)C(=O)N(C)C(=O)O)=NOC. The first-order valence-corrected chi connectivity index (χ1v) is 9.83. The summed E-state index contributed by atoms with van der Waals surface area (Å²) in [6, 6.07) is -2.51. The zero-order valence-electron chi connectivity index (χ0n) is 16.8. The molecule has 0 aromatic carbocycles. The highest BCUT2D eigenvalue weighted by atomic mass is 32.2. The number of amides is 3. The second-order valence-corrected chi connectivity index (χ2v) is 6.77. The smallest absolute Gasteiger partial charge is 0.413 e. The van der Waals surface area contributed by atoms with Crippen molar-refractivity contribution in [2.75, 3.05) is 32.3 Å². The van der Waals surface area contributed by atoms with Crippen molar-refractivity contribution in [1.82, 2.24) is 10.2 Å². The van der Waals surface area contributed by atoms with Crippen LogP contribution >= 0.6 is 11.8 Å². The Morgan fingerprint density at radius 1 is 1.23 bits per heavy atom. The lowest BCUT2D eigenvalue weighted by Gasteiger charge is -2.21. The van der Waals surface area contributed by atoms with E-state index in [-0.39, 0.29) is 36.7 Å². The van der Waals surface area contributed by atoms with E-state index < -0.39 is 41.9 Å². The van der Waals surface area contributed by atoms with Crippen LogP contribution in [0.2, 0.25) is 0 Å². The van der Waals surface area contributed by atoms with E-state index in [1.54, 1.807) is 6.92 Å². The van der Waals surface area contributed by atoms with Gasteiger partial charge in [-0.1, -0.05) is 5.16 Å². The van der Waals surface area contributed by atoms with Gasteiger partial charge in [-0.15, -0.1) is 0 Å². The average molecular weight is 450 g/mol. The number of carboxylic acids is 1. The Labute approximate surface area is 176 Å². The maximum absolute atomic E-state index is 12.4. The second kappa shape index (κ2) is 14.2. The van der Waals surface area contributed by atoms with Gasteiger partial charge in [-0.25, -0.2) is 14.5 Å². The molecule has 0 saturated carbocycles. The number of ether oxygens (including phenoxy) is 1. The molecular formula is C16H26N4O9S. The van der Waals surface area contributed by atoms with E-state index in [1.165, 1.54) is 7.11 Å². The number of carbonyl (C=O) groups excluding carboxylic acids is 3. The minimum Gasteiger partial charge on any atom is -0.480 e. The second-order valence-electron chi connectivity index (χ2n) is 5.74. The van der Waals surface area contributed by atoms with Crippen LogP contribution in [-0.2, 0) is 28.8 Å². The third kappa shape index (κ3) is 10.1. The molecule has 0 aliphatic heterocycles. The molecule has 0 heterocycles. The summed E-state index contributed by atoms with van der Waals surface area (Å²) in [6.45, 7) is 1.73. The molecule has 14 heteroatoms. The van der Waals surface area contributed by atoms with Crippen LogP contribution < -0.4 is 11.1 Å². The van der Waals surface area contributed by atoms with E-state index in [2.05, 4.69) is 15.3 Å². The summed E-state index contributed by atoms with van der Waals surface area (Å²) in [5.41, 5.74) is 5.26. The Morgan fingerprint density at radius 2 is 1.87 bits per heavy atom. The first-order valence-electron chi connectivity index (χ1n) is 8.68. The Hall–Kier alpha value is -2.87. The molecule has 0 radical (unpaired) electrons. The van der Waals surface area contributed by atoms with Crippen LogP contribution in [0.15, 0.2) is 5.16 Å². The van der Waals surface area contributed by atoms with Crippen molar-refractivity contribution in [2.24, 2.45) is 10.9 Å². The van der Waals surface area contributed by atoms with Crippen molar-refractivity contribution < 1.29 is 43.8 Å². The highest BCUT2D eigenvalue weighted by molar-refractivity contribution is 8.00. The van der Waals surface area contributed by atoms with Crippen LogP contribution in [0.4, 0.5) is 4.79 Å². The number of nitrogens with zero attached hydrogens (tertiary/aromatic N) is 2. The lowest BCUT2D eigenvalue weighted by atomic mass is 10.1. The van der Waals surface area contributed by atoms with Gasteiger partial charge in [0.2, 0.25) is 5.91 Å². The Bertz CT molecular complexity index is 671. The van der Waals surface area contributed by atoms with Gasteiger partial charge in [-0.05, 0) is 13.3 Å². The predicted octanol–water partition coefficient (Wildman–Crippen LogP) is -0.902. The summed E-state index contributed by atoms with van der Waals surface area (Å²) in [4.78, 5) is 63.0. The largest absolute Gasteiger partial charge is 0.480 e. The van der Waals surface area contributed by atoms with Crippen molar-refractivity contribution in [1.29, 1.82) is 0 Å². The van der Waals surface area contributed by atoms with Crippen molar-refractivity contribution >= 4 is 47.3 Å². The van der Waals surface area contributed by atoms with E-state index in [0.717, 1.165) is 18.8 Å². The minimum absolute atomic E-state index is 0.0347. The molecule has 5 N–H and O–H groups in total. The van der Waals surface area contributed by atoms with E-state index in [0.29, 0.717) is 4.90 Å². The van der Waals surface area contributed by atoms with E-state index in [4.69, 9.17) is 20.7 Å². The number of likely N-dealkylation sites (N-methyl/N-ethyl adjacent to an activating group) is 1. The Morgan fingerprint density at radius 3 is 2.37 bits per heavy atom. The first-order chi connectivity index (χ1) is 14.0. The summed E-state index contributed by atoms with van der Waals surface area (Å²) in [5.74, 6) is -3.72. The molecule has 0 aromatic heterocycles. The molecule has 0 aromatic rings. The lowest BCUT2D eigenvalue weighted by Crippen LogP contribution is -2.50. The number of esters is 1. The van der Waals surface area contributed by atoms with Crippen LogP contribution in [0.1, 0.15) is 19.8 Å². The number of oxime groups is 1. The summed E-state index contributed by atoms with van der Waals surface area (Å²) in [5, 5.41) is 23.6. The van der Waals surface area contributed by atoms with Crippen LogP contribution in [0, 0.1) is 0 Å². The number of carbonyl (C=O) groups is 5. The Kier molecular flexibility index (Phi) is 12.8. The van der Waals surface area contributed by atoms with Gasteiger partial charge in [-0.3, -0.25) is 14.4 Å². The average Bonchev–Trinajstić information content (AvgIpc) is 2.69. The van der Waals surface area contributed by atoms with Gasteiger partial charge in [0.25, 0.3) is 5.91 Å². The maximum atomic E-state index is 12.4. The topological polar surface area (TPSA) is 198 Å². The summed E-state index contributed by atoms with van der Waals surface area (Å²) in [7, 11) is 2.26. The van der Waals surface area contributed by atoms with Gasteiger partial charge >= 0.3 is 18.0 Å². The molecule has 0 saturated heterocycles. The Balaban J connectivity index is 5.09. The van der Waals surface area contributed by atoms with Crippen molar-refractivity contribution in [2.45, 2.75) is 31.8 Å². The molecule has 0 rings (SSSR count). The van der Waals surface area contributed by atoms with Crippen molar-refractivity contribution in [3.05, 3.63) is 0 Å². The molecule has 30 heavy (non-hydrogen) atoms. The number of imide groups is 1. The zero-order chi connectivity index (χ0) is 23.3. The molecule has 3 amide bonds. The third-order valence-electron chi connectivity index (χ3n) is 3.49. The van der Waals surface area contributed by atoms with Gasteiger partial charge in [0.05, 0.1) is 6.61 Å². The van der Waals surface area contributed by atoms with Crippen LogP contribution in [0.5, 0.6) is 0 Å². The van der Waals surface area contributed by atoms with Crippen LogP contribution in [0.3, 0.4) is 0 Å². The van der Waals surface area contributed by atoms with E-state index in [9.17, 15) is 24.0 Å². The highest BCUT2D eigenvalue weighted by Gasteiger charge is 2.28. The molecule has 0 spiro atoms. The summed E-state index contributed by atoms with van der Waals surface area (Å²) >= 11 is 1.01. The van der Waals surface area contributed by atoms with Crippen LogP contribution in [0.25, 0.3) is 0 Å². The summed E-state index contributed by atoms with van der Waals surface area (Å²) < 4.78 is 4.82. The quantitative estimate of drug-likeness (QED) is 0.154. The number of rotatable bonds is 13. The van der Waals surface area contributed by atoms with Crippen molar-refractivity contribution in [3.8, 4) is 0 Å². The lowest BCUT2D eigenvalue weighted by molar-refractivity contribution is -0.139. The van der Waals surface area contributed by atoms with Crippen LogP contribution in [-0.4, -0.2) is 95.0 Å². The molecule has 170 valence electrons. The number of carboxylic acid groups (broad SMARTS) is 2. The monoisotopic (exact) mass is 450 g/mol. The molecule has 0 bridgehead atoms. The standard InChI is InChI=1S/C16H26N4O9S/c1-4-29-15(25)11(19-28-3)8-30-7-10(13(22)20(2)16(26)27)18-12(21)6-5-9(17)14(23)24/h9-10H,4-8,17H2,1-3H3,(H,18,21)(H,23,24)(H,26,27). The predicted molar refractivity (Wildman–Crippen MR) is 106 cm³/mol. The normalized spacial score (nSPS) is 13.0. The molecule has 2 unspecified atom stereocenters. The molecule has 0 aliphatic rings. The van der Waals surface area contributed by atoms with Gasteiger partial charge in [0.1, 0.15) is 19.2 Å². The fourth-order valence-electron chi connectivity index (χ4n) is 1.90. The fraction of sp³-hybridized carbons (Fsp3) is 0.625.